The van der Waals surface area contributed by atoms with Gasteiger partial charge in [-0.15, -0.1) is 0 Å². The van der Waals surface area contributed by atoms with Crippen LogP contribution >= 0.6 is 27.7 Å². The summed E-state index contributed by atoms with van der Waals surface area (Å²) in [5, 5.41) is 9.06. The summed E-state index contributed by atoms with van der Waals surface area (Å²) in [7, 11) is 1.16. The topological polar surface area (TPSA) is 81.0 Å². The normalized spacial score (nSPS) is 11.2. The highest BCUT2D eigenvalue weighted by Gasteiger charge is 2.29. The second kappa shape index (κ2) is 6.78. The first-order valence-corrected chi connectivity index (χ1v) is 7.83. The van der Waals surface area contributed by atoms with Crippen LogP contribution < -0.4 is 5.73 Å². The summed E-state index contributed by atoms with van der Waals surface area (Å²) < 4.78 is 43.6. The molecule has 2 aromatic rings. The van der Waals surface area contributed by atoms with Gasteiger partial charge in [0.05, 0.1) is 24.0 Å². The van der Waals surface area contributed by atoms with Gasteiger partial charge >= 0.3 is 11.5 Å². The quantitative estimate of drug-likeness (QED) is 0.598. The van der Waals surface area contributed by atoms with E-state index in [0.717, 1.165) is 7.11 Å². The van der Waals surface area contributed by atoms with Crippen molar-refractivity contribution < 1.29 is 22.7 Å². The summed E-state index contributed by atoms with van der Waals surface area (Å²) in [4.78, 5) is 11.9. The van der Waals surface area contributed by atoms with Crippen LogP contribution in [0, 0.1) is 11.3 Å². The predicted molar refractivity (Wildman–Crippen MR) is 85.8 cm³/mol. The van der Waals surface area contributed by atoms with Gasteiger partial charge in [0.25, 0.3) is 0 Å². The highest BCUT2D eigenvalue weighted by atomic mass is 79.9. The van der Waals surface area contributed by atoms with Crippen molar-refractivity contribution in [1.82, 2.24) is 4.57 Å². The van der Waals surface area contributed by atoms with Gasteiger partial charge in [-0.05, 0) is 45.9 Å². The van der Waals surface area contributed by atoms with Crippen molar-refractivity contribution in [3.63, 3.8) is 0 Å². The van der Waals surface area contributed by atoms with E-state index in [1.54, 1.807) is 0 Å². The number of benzene rings is 1. The maximum atomic E-state index is 12.4. The molecular weight excluding hydrogens is 411 g/mol. The summed E-state index contributed by atoms with van der Waals surface area (Å²) in [6.45, 7) is 0. The summed E-state index contributed by atoms with van der Waals surface area (Å²) in [6, 6.07) is 5.74. The molecule has 0 aliphatic heterocycles. The summed E-state index contributed by atoms with van der Waals surface area (Å²) in [5.74, 6) is -0.769. The molecule has 0 unspecified atom stereocenters. The number of halogens is 4. The molecule has 0 aliphatic carbocycles. The van der Waals surface area contributed by atoms with E-state index in [2.05, 4.69) is 20.7 Å². The van der Waals surface area contributed by atoms with Crippen LogP contribution in [0.1, 0.15) is 16.1 Å². The van der Waals surface area contributed by atoms with E-state index in [9.17, 15) is 18.0 Å². The Morgan fingerprint density at radius 3 is 2.62 bits per heavy atom. The molecule has 126 valence electrons. The number of alkyl halides is 3. The SMILES string of the molecule is COC(=O)c1c(N)c(C#N)cn1-c1ccc(SC(F)(F)F)cc1Br. The predicted octanol–water partition coefficient (Wildman–Crippen LogP) is 4.09. The van der Waals surface area contributed by atoms with E-state index in [0.29, 0.717) is 10.2 Å². The molecule has 5 nitrogen and oxygen atoms in total. The number of nitriles is 1. The van der Waals surface area contributed by atoms with Crippen molar-refractivity contribution in [2.24, 2.45) is 0 Å². The van der Waals surface area contributed by atoms with E-state index in [4.69, 9.17) is 11.0 Å². The lowest BCUT2D eigenvalue weighted by Crippen LogP contribution is -2.11. The van der Waals surface area contributed by atoms with Crippen molar-refractivity contribution in [3.05, 3.63) is 40.1 Å². The molecule has 0 amide bonds. The molecule has 0 bridgehead atoms. The Bertz CT molecular complexity index is 843. The zero-order valence-electron chi connectivity index (χ0n) is 12.0. The van der Waals surface area contributed by atoms with E-state index < -0.39 is 11.5 Å². The number of nitrogens with two attached hydrogens (primary N) is 1. The van der Waals surface area contributed by atoms with Gasteiger partial charge in [0, 0.05) is 15.6 Å². The minimum atomic E-state index is -4.41. The Kier molecular flexibility index (Phi) is 5.15. The van der Waals surface area contributed by atoms with Crippen LogP contribution in [0.5, 0.6) is 0 Å². The monoisotopic (exact) mass is 419 g/mol. The Labute approximate surface area is 147 Å². The third-order valence-electron chi connectivity index (χ3n) is 2.96. The Balaban J connectivity index is 2.57. The first-order valence-electron chi connectivity index (χ1n) is 6.23. The number of methoxy groups -OCH3 is 1. The lowest BCUT2D eigenvalue weighted by Gasteiger charge is -2.12. The molecular formula is C14H9BrF3N3O2S. The van der Waals surface area contributed by atoms with Crippen LogP contribution in [0.3, 0.4) is 0 Å². The molecule has 0 atom stereocenters. The number of rotatable bonds is 3. The third kappa shape index (κ3) is 3.68. The maximum Gasteiger partial charge on any atom is 0.446 e. The molecule has 0 spiro atoms. The fourth-order valence-electron chi connectivity index (χ4n) is 1.98. The highest BCUT2D eigenvalue weighted by molar-refractivity contribution is 9.10. The van der Waals surface area contributed by atoms with Crippen molar-refractivity contribution >= 4 is 39.3 Å². The number of ether oxygens (including phenoxy) is 1. The van der Waals surface area contributed by atoms with Gasteiger partial charge in [-0.3, -0.25) is 0 Å². The number of esters is 1. The molecule has 24 heavy (non-hydrogen) atoms. The number of hydrogen-bond donors (Lipinski definition) is 1. The summed E-state index contributed by atoms with van der Waals surface area (Å²) in [5.41, 5.74) is 1.62. The first kappa shape index (κ1) is 18.2. The van der Waals surface area contributed by atoms with Crippen LogP contribution in [0.2, 0.25) is 0 Å². The van der Waals surface area contributed by atoms with Crippen molar-refractivity contribution in [2.75, 3.05) is 12.8 Å². The molecule has 1 heterocycles. The molecule has 2 rings (SSSR count). The van der Waals surface area contributed by atoms with Crippen molar-refractivity contribution in [1.29, 1.82) is 5.26 Å². The largest absolute Gasteiger partial charge is 0.464 e. The highest BCUT2D eigenvalue weighted by Crippen LogP contribution is 2.39. The average Bonchev–Trinajstić information content (AvgIpc) is 2.81. The van der Waals surface area contributed by atoms with E-state index >= 15 is 0 Å². The molecule has 0 radical (unpaired) electrons. The third-order valence-corrected chi connectivity index (χ3v) is 4.31. The van der Waals surface area contributed by atoms with Gasteiger partial charge in [-0.25, -0.2) is 4.79 Å². The molecule has 0 saturated carbocycles. The molecule has 0 fully saturated rings. The maximum absolute atomic E-state index is 12.4. The molecule has 1 aromatic carbocycles. The second-order valence-electron chi connectivity index (χ2n) is 4.44. The van der Waals surface area contributed by atoms with Gasteiger partial charge in [0.15, 0.2) is 5.69 Å². The zero-order chi connectivity index (χ0) is 18.1. The summed E-state index contributed by atoms with van der Waals surface area (Å²) in [6.07, 6.45) is 1.32. The minimum absolute atomic E-state index is 0.0293. The van der Waals surface area contributed by atoms with Crippen LogP contribution in [0.25, 0.3) is 5.69 Å². The number of carbonyl (C=O) groups is 1. The minimum Gasteiger partial charge on any atom is -0.464 e. The number of thioether (sulfide) groups is 1. The second-order valence-corrected chi connectivity index (χ2v) is 6.43. The van der Waals surface area contributed by atoms with E-state index in [1.807, 2.05) is 6.07 Å². The number of aromatic nitrogens is 1. The standard InChI is InChI=1S/C14H9BrF3N3O2S/c1-23-13(22)12-11(20)7(5-19)6-21(12)10-3-2-8(4-9(10)15)24-14(16,17)18/h2-4,6H,20H2,1H3. The van der Waals surface area contributed by atoms with Crippen LogP contribution in [0.4, 0.5) is 18.9 Å². The molecule has 2 N–H and O–H groups in total. The van der Waals surface area contributed by atoms with Gasteiger partial charge in [0.2, 0.25) is 0 Å². The summed E-state index contributed by atoms with van der Waals surface area (Å²) >= 11 is 2.91. The fraction of sp³-hybridized carbons (Fsp3) is 0.143. The van der Waals surface area contributed by atoms with Gasteiger partial charge in [0.1, 0.15) is 6.07 Å². The van der Waals surface area contributed by atoms with Gasteiger partial charge < -0.3 is 15.0 Å². The number of carbonyl (C=O) groups excluding carboxylic acids is 1. The molecule has 0 aliphatic rings. The first-order chi connectivity index (χ1) is 11.2. The van der Waals surface area contributed by atoms with Crippen LogP contribution in [-0.2, 0) is 4.74 Å². The van der Waals surface area contributed by atoms with Crippen molar-refractivity contribution in [3.8, 4) is 11.8 Å². The Morgan fingerprint density at radius 1 is 1.46 bits per heavy atom. The van der Waals surface area contributed by atoms with Crippen LogP contribution in [-0.4, -0.2) is 23.2 Å². The van der Waals surface area contributed by atoms with Gasteiger partial charge in [-0.2, -0.15) is 18.4 Å². The van der Waals surface area contributed by atoms with Crippen LogP contribution in [0.15, 0.2) is 33.8 Å². The lowest BCUT2D eigenvalue weighted by atomic mass is 10.2. The number of nitrogens with zero attached hydrogens (tertiary/aromatic N) is 2. The lowest BCUT2D eigenvalue weighted by molar-refractivity contribution is -0.0328. The van der Waals surface area contributed by atoms with Gasteiger partial charge in [-0.1, -0.05) is 0 Å². The number of hydrogen-bond acceptors (Lipinski definition) is 5. The Morgan fingerprint density at radius 2 is 2.12 bits per heavy atom. The molecule has 10 heteroatoms. The Hall–Kier alpha value is -2.12. The number of nitrogen functional groups attached to an aromatic ring is 1. The zero-order valence-corrected chi connectivity index (χ0v) is 14.4. The average molecular weight is 420 g/mol. The van der Waals surface area contributed by atoms with Crippen molar-refractivity contribution in [2.45, 2.75) is 10.4 Å². The molecule has 0 saturated heterocycles. The fourth-order valence-corrected chi connectivity index (χ4v) is 3.29. The smallest absolute Gasteiger partial charge is 0.446 e. The van der Waals surface area contributed by atoms with E-state index in [-0.39, 0.29) is 33.6 Å². The number of anilines is 1. The molecule has 1 aromatic heterocycles. The van der Waals surface area contributed by atoms with E-state index in [1.165, 1.54) is 29.0 Å².